The van der Waals surface area contributed by atoms with Crippen LogP contribution in [-0.4, -0.2) is 93.7 Å². The van der Waals surface area contributed by atoms with Gasteiger partial charge in [-0.05, 0) is 12.8 Å². The molecular weight excluding hydrogens is 455 g/mol. The van der Waals surface area contributed by atoms with Gasteiger partial charge in [0, 0.05) is 26.8 Å². The summed E-state index contributed by atoms with van der Waals surface area (Å²) in [4.78, 5) is 24.3. The van der Waals surface area contributed by atoms with E-state index in [0.29, 0.717) is 33.0 Å². The third kappa shape index (κ3) is 37.9. The van der Waals surface area contributed by atoms with Gasteiger partial charge in [-0.2, -0.15) is 0 Å². The Bertz CT molecular complexity index is 364. The molecule has 3 atom stereocenters. The zero-order valence-corrected chi connectivity index (χ0v) is 21.3. The van der Waals surface area contributed by atoms with Gasteiger partial charge in [-0.3, -0.25) is 4.52 Å². The van der Waals surface area contributed by atoms with Crippen molar-refractivity contribution < 1.29 is 52.1 Å². The molecule has 1 aliphatic heterocycles. The molecule has 0 amide bonds. The van der Waals surface area contributed by atoms with Crippen LogP contribution in [0, 0.1) is 0 Å². The Morgan fingerprint density at radius 3 is 1.97 bits per heavy atom. The second-order valence-corrected chi connectivity index (χ2v) is 7.15. The minimum atomic E-state index is -4.15. The van der Waals surface area contributed by atoms with Crippen molar-refractivity contribution in [3.63, 3.8) is 0 Å². The number of ether oxygens (including phenoxy) is 3. The van der Waals surface area contributed by atoms with Crippen LogP contribution in [0.4, 0.5) is 0 Å². The second-order valence-electron chi connectivity index (χ2n) is 4.70. The zero-order valence-electron chi connectivity index (χ0n) is 19.5. The Morgan fingerprint density at radius 2 is 1.61 bits per heavy atom. The molecule has 31 heavy (non-hydrogen) atoms. The molecule has 6 N–H and O–H groups in total. The van der Waals surface area contributed by atoms with Crippen LogP contribution in [0.25, 0.3) is 0 Å². The fourth-order valence-electron chi connectivity index (χ4n) is 1.42. The van der Waals surface area contributed by atoms with E-state index in [-0.39, 0.29) is 18.9 Å². The van der Waals surface area contributed by atoms with Crippen LogP contribution in [0.15, 0.2) is 0 Å². The molecule has 12 nitrogen and oxygen atoms in total. The molecule has 190 valence electrons. The molecule has 2 radical (unpaired) electrons. The standard InChI is InChI=1S/C6H12BO4P.C5H13NO3.2C2H6.CH5O4P/c1-9-12(8)10-4-5-2-3-6(7)11-5;6-1-2-8-3-4-9-5-7;2*1-2;1-5-6(2,3)4/h5-6,8H,2-4H2,1H3;7H,1-6H2;2*1-2H3;1H3,(H2,2,3,4). The summed E-state index contributed by atoms with van der Waals surface area (Å²) in [6, 6.07) is -0.175. The first-order chi connectivity index (χ1) is 14.7. The summed E-state index contributed by atoms with van der Waals surface area (Å²) >= 11 is 0. The lowest BCUT2D eigenvalue weighted by Crippen LogP contribution is -2.15. The summed E-state index contributed by atoms with van der Waals surface area (Å²) in [5, 5.41) is 8.12. The van der Waals surface area contributed by atoms with Crippen molar-refractivity contribution >= 4 is 24.3 Å². The summed E-state index contributed by atoms with van der Waals surface area (Å²) in [7, 11) is 1.96. The molecule has 0 spiro atoms. The first-order valence-corrected chi connectivity index (χ1v) is 12.5. The number of aliphatic hydroxyl groups is 1. The first kappa shape index (κ1) is 38.5. The first-order valence-electron chi connectivity index (χ1n) is 9.84. The molecule has 0 aromatic carbocycles. The van der Waals surface area contributed by atoms with E-state index in [1.165, 1.54) is 7.11 Å². The van der Waals surface area contributed by atoms with E-state index in [4.69, 9.17) is 47.4 Å². The third-order valence-electron chi connectivity index (χ3n) is 2.63. The van der Waals surface area contributed by atoms with E-state index in [1.807, 2.05) is 27.7 Å². The highest BCUT2D eigenvalue weighted by molar-refractivity contribution is 7.46. The maximum absolute atomic E-state index is 9.47. The SMILES string of the molecule is CC.CC.COP(=O)(O)O.NCCOCCOCO.[B]C1CCC(COP(O)OC)O1. The van der Waals surface area contributed by atoms with E-state index in [1.54, 1.807) is 0 Å². The number of rotatable bonds is 11. The van der Waals surface area contributed by atoms with E-state index in [9.17, 15) is 4.57 Å². The molecule has 0 saturated carbocycles. The van der Waals surface area contributed by atoms with Crippen molar-refractivity contribution in [2.45, 2.75) is 52.6 Å². The normalized spacial score (nSPS) is 18.0. The molecule has 1 aliphatic rings. The lowest BCUT2D eigenvalue weighted by Gasteiger charge is -2.13. The molecule has 0 aromatic rings. The van der Waals surface area contributed by atoms with Crippen LogP contribution in [0.3, 0.4) is 0 Å². The minimum Gasteiger partial charge on any atom is -0.382 e. The quantitative estimate of drug-likeness (QED) is 0.120. The summed E-state index contributed by atoms with van der Waals surface area (Å²) < 4.78 is 37.3. The maximum Gasteiger partial charge on any atom is 0.469 e. The number of phosphoric acid groups is 1. The van der Waals surface area contributed by atoms with Gasteiger partial charge in [-0.15, -0.1) is 0 Å². The predicted octanol–water partition coefficient (Wildman–Crippen LogP) is 1.25. The van der Waals surface area contributed by atoms with E-state index >= 15 is 0 Å². The van der Waals surface area contributed by atoms with E-state index in [2.05, 4.69) is 13.8 Å². The molecule has 0 aliphatic carbocycles. The van der Waals surface area contributed by atoms with Crippen molar-refractivity contribution in [2.24, 2.45) is 5.73 Å². The largest absolute Gasteiger partial charge is 0.469 e. The number of nitrogens with two attached hydrogens (primary N) is 1. The molecule has 1 heterocycles. The van der Waals surface area contributed by atoms with Crippen molar-refractivity contribution in [1.82, 2.24) is 0 Å². The van der Waals surface area contributed by atoms with Gasteiger partial charge in [0.15, 0.2) is 0 Å². The fraction of sp³-hybridized carbons (Fsp3) is 1.00. The third-order valence-corrected chi connectivity index (χ3v) is 3.79. The summed E-state index contributed by atoms with van der Waals surface area (Å²) in [5.41, 5.74) is 5.13. The van der Waals surface area contributed by atoms with Gasteiger partial charge in [0.1, 0.15) is 14.6 Å². The summed E-state index contributed by atoms with van der Waals surface area (Å²) in [6.45, 7) is 10.1. The highest BCUT2D eigenvalue weighted by Crippen LogP contribution is 2.33. The number of phosphoric ester groups is 1. The molecule has 0 bridgehead atoms. The van der Waals surface area contributed by atoms with Gasteiger partial charge in [0.2, 0.25) is 0 Å². The Kier molecular flexibility index (Phi) is 37.7. The second kappa shape index (κ2) is 30.3. The highest BCUT2D eigenvalue weighted by atomic mass is 31.2. The van der Waals surface area contributed by atoms with Crippen LogP contribution < -0.4 is 5.73 Å². The van der Waals surface area contributed by atoms with Crippen molar-refractivity contribution in [3.05, 3.63) is 0 Å². The number of hydrogen-bond donors (Lipinski definition) is 5. The monoisotopic (exact) mass is 497 g/mol. The smallest absolute Gasteiger partial charge is 0.382 e. The van der Waals surface area contributed by atoms with Crippen molar-refractivity contribution in [2.75, 3.05) is 54.0 Å². The maximum atomic E-state index is 9.47. The Balaban J connectivity index is -0.000000171. The average Bonchev–Trinajstić information content (AvgIpc) is 3.20. The van der Waals surface area contributed by atoms with Crippen LogP contribution in [0.5, 0.6) is 0 Å². The molecule has 15 heteroatoms. The molecular formula is C16H42BNO11P2. The predicted molar refractivity (Wildman–Crippen MR) is 120 cm³/mol. The van der Waals surface area contributed by atoms with Crippen LogP contribution in [-0.2, 0) is 32.3 Å². The van der Waals surface area contributed by atoms with Gasteiger partial charge >= 0.3 is 16.4 Å². The minimum absolute atomic E-state index is 0.00676. The Hall–Kier alpha value is 0.285. The van der Waals surface area contributed by atoms with Crippen LogP contribution in [0.2, 0.25) is 0 Å². The lowest BCUT2D eigenvalue weighted by molar-refractivity contribution is -0.0282. The van der Waals surface area contributed by atoms with Crippen LogP contribution in [0.1, 0.15) is 40.5 Å². The molecule has 1 fully saturated rings. The van der Waals surface area contributed by atoms with Crippen molar-refractivity contribution in [1.29, 1.82) is 0 Å². The van der Waals surface area contributed by atoms with Gasteiger partial charge < -0.3 is 48.8 Å². The molecule has 0 aromatic heterocycles. The molecule has 3 unspecified atom stereocenters. The van der Waals surface area contributed by atoms with Gasteiger partial charge in [-0.1, -0.05) is 27.7 Å². The van der Waals surface area contributed by atoms with Crippen molar-refractivity contribution in [3.8, 4) is 0 Å². The Morgan fingerprint density at radius 1 is 1.10 bits per heavy atom. The van der Waals surface area contributed by atoms with Crippen LogP contribution >= 0.6 is 16.4 Å². The van der Waals surface area contributed by atoms with Gasteiger partial charge in [0.05, 0.1) is 32.5 Å². The molecule has 1 saturated heterocycles. The summed E-state index contributed by atoms with van der Waals surface area (Å²) in [5.74, 6) is 0. The van der Waals surface area contributed by atoms with E-state index in [0.717, 1.165) is 20.0 Å². The average molecular weight is 497 g/mol. The topological polar surface area (TPSA) is 179 Å². The highest BCUT2D eigenvalue weighted by Gasteiger charge is 2.22. The van der Waals surface area contributed by atoms with Gasteiger partial charge in [-0.25, -0.2) is 4.57 Å². The number of hydrogen-bond acceptors (Lipinski definition) is 10. The fourth-order valence-corrected chi connectivity index (χ4v) is 1.82. The lowest BCUT2D eigenvalue weighted by atomic mass is 9.97. The summed E-state index contributed by atoms with van der Waals surface area (Å²) in [6.07, 6.45) is 1.74. The zero-order chi connectivity index (χ0) is 25.1. The Labute approximate surface area is 189 Å². The molecule has 1 rings (SSSR count). The number of aliphatic hydroxyl groups excluding tert-OH is 1. The van der Waals surface area contributed by atoms with E-state index < -0.39 is 16.4 Å². The van der Waals surface area contributed by atoms with Gasteiger partial charge in [0.25, 0.3) is 0 Å².